The van der Waals surface area contributed by atoms with Crippen LogP contribution in [0.4, 0.5) is 0 Å². The van der Waals surface area contributed by atoms with Crippen LogP contribution in [0, 0.1) is 5.41 Å². The number of sulfonamides is 1. The summed E-state index contributed by atoms with van der Waals surface area (Å²) in [6.45, 7) is 3.38. The zero-order valence-corrected chi connectivity index (χ0v) is 12.8. The van der Waals surface area contributed by atoms with Crippen molar-refractivity contribution in [3.8, 4) is 0 Å². The smallest absolute Gasteiger partial charge is 0.244 e. The van der Waals surface area contributed by atoms with Gasteiger partial charge in [-0.2, -0.15) is 4.31 Å². The molecule has 0 saturated carbocycles. The first kappa shape index (κ1) is 15.4. The highest BCUT2D eigenvalue weighted by Crippen LogP contribution is 2.25. The maximum Gasteiger partial charge on any atom is 0.244 e. The first-order chi connectivity index (χ1) is 9.84. The molecule has 0 bridgehead atoms. The number of aromatic nitrogens is 1. The minimum Gasteiger partial charge on any atom is -0.387 e. The molecular weight excluding hydrogens is 288 g/mol. The summed E-state index contributed by atoms with van der Waals surface area (Å²) < 4.78 is 27.0. The Morgan fingerprint density at radius 3 is 2.67 bits per heavy atom. The lowest BCUT2D eigenvalue weighted by atomic mass is 10.2. The maximum atomic E-state index is 12.9. The van der Waals surface area contributed by atoms with Crippen LogP contribution in [0.5, 0.6) is 0 Å². The fourth-order valence-corrected chi connectivity index (χ4v) is 3.96. The minimum atomic E-state index is -3.75. The van der Waals surface area contributed by atoms with E-state index in [1.54, 1.807) is 50.4 Å². The molecule has 0 saturated heterocycles. The number of hydrogen-bond acceptors (Lipinski definition) is 4. The molecule has 0 spiro atoms. The molecule has 112 valence electrons. The number of amidine groups is 1. The molecule has 2 rings (SSSR count). The predicted octanol–water partition coefficient (Wildman–Crippen LogP) is 1.57. The Kier molecular flexibility index (Phi) is 4.24. The highest BCUT2D eigenvalue weighted by atomic mass is 32.2. The second-order valence-electron chi connectivity index (χ2n) is 5.00. The Morgan fingerprint density at radius 1 is 1.33 bits per heavy atom. The van der Waals surface area contributed by atoms with Gasteiger partial charge in [-0.25, -0.2) is 8.42 Å². The van der Waals surface area contributed by atoms with Gasteiger partial charge in [0.05, 0.1) is 17.0 Å². The molecule has 1 heterocycles. The van der Waals surface area contributed by atoms with Crippen molar-refractivity contribution in [2.75, 3.05) is 6.54 Å². The van der Waals surface area contributed by atoms with E-state index in [0.29, 0.717) is 10.9 Å². The molecule has 1 aromatic carbocycles. The number of rotatable bonds is 5. The van der Waals surface area contributed by atoms with Crippen LogP contribution in [0.2, 0.25) is 0 Å². The van der Waals surface area contributed by atoms with Gasteiger partial charge in [-0.15, -0.1) is 0 Å². The first-order valence-electron chi connectivity index (χ1n) is 6.52. The number of nitrogens with one attached hydrogen (secondary N) is 1. The summed E-state index contributed by atoms with van der Waals surface area (Å²) in [5, 5.41) is 7.95. The normalized spacial score (nSPS) is 12.2. The van der Waals surface area contributed by atoms with E-state index >= 15 is 0 Å². The lowest BCUT2D eigenvalue weighted by Crippen LogP contribution is -2.42. The molecule has 0 aliphatic carbocycles. The quantitative estimate of drug-likeness (QED) is 0.647. The van der Waals surface area contributed by atoms with Crippen molar-refractivity contribution in [2.24, 2.45) is 5.73 Å². The maximum absolute atomic E-state index is 12.9. The summed E-state index contributed by atoms with van der Waals surface area (Å²) in [6.07, 6.45) is 1.62. The minimum absolute atomic E-state index is 0.128. The number of nitrogens with zero attached hydrogens (tertiary/aromatic N) is 2. The van der Waals surface area contributed by atoms with Crippen LogP contribution in [-0.4, -0.2) is 36.1 Å². The molecule has 0 amide bonds. The highest BCUT2D eigenvalue weighted by Gasteiger charge is 2.29. The van der Waals surface area contributed by atoms with Gasteiger partial charge in [-0.3, -0.25) is 10.4 Å². The number of benzene rings is 1. The van der Waals surface area contributed by atoms with Crippen LogP contribution in [0.15, 0.2) is 41.4 Å². The van der Waals surface area contributed by atoms with Crippen LogP contribution in [0.1, 0.15) is 13.8 Å². The summed E-state index contributed by atoms with van der Waals surface area (Å²) in [5.41, 5.74) is 6.00. The number of fused-ring (bicyclic) bond motifs is 1. The standard InChI is InChI=1S/C14H18N4O2S/c1-10(2)18(9-14(15)16)21(19,20)13-7-3-6-12-11(13)5-4-8-17-12/h3-8,10H,9H2,1-2H3,(H3,15,16). The predicted molar refractivity (Wildman–Crippen MR) is 82.7 cm³/mol. The van der Waals surface area contributed by atoms with E-state index in [1.807, 2.05) is 0 Å². The van der Waals surface area contributed by atoms with Crippen molar-refractivity contribution in [1.82, 2.24) is 9.29 Å². The van der Waals surface area contributed by atoms with E-state index in [2.05, 4.69) is 4.98 Å². The van der Waals surface area contributed by atoms with Gasteiger partial charge in [0.25, 0.3) is 0 Å². The zero-order chi connectivity index (χ0) is 15.6. The number of nitrogens with two attached hydrogens (primary N) is 1. The van der Waals surface area contributed by atoms with E-state index in [1.165, 1.54) is 4.31 Å². The molecule has 0 aliphatic rings. The average molecular weight is 306 g/mol. The lowest BCUT2D eigenvalue weighted by Gasteiger charge is -2.25. The fourth-order valence-electron chi connectivity index (χ4n) is 2.14. The molecule has 6 nitrogen and oxygen atoms in total. The summed E-state index contributed by atoms with van der Waals surface area (Å²) in [7, 11) is -3.75. The van der Waals surface area contributed by atoms with Gasteiger partial charge in [0, 0.05) is 17.6 Å². The van der Waals surface area contributed by atoms with Crippen molar-refractivity contribution >= 4 is 26.8 Å². The molecule has 7 heteroatoms. The third-order valence-electron chi connectivity index (χ3n) is 3.09. The third-order valence-corrected chi connectivity index (χ3v) is 5.17. The molecule has 2 aromatic rings. The van der Waals surface area contributed by atoms with Gasteiger partial charge in [-0.1, -0.05) is 6.07 Å². The van der Waals surface area contributed by atoms with Crippen molar-refractivity contribution < 1.29 is 8.42 Å². The Labute approximate surface area is 124 Å². The van der Waals surface area contributed by atoms with Crippen LogP contribution >= 0.6 is 0 Å². The summed E-state index contributed by atoms with van der Waals surface area (Å²) in [6, 6.07) is 8.10. The molecule has 21 heavy (non-hydrogen) atoms. The van der Waals surface area contributed by atoms with Crippen molar-refractivity contribution in [3.63, 3.8) is 0 Å². The van der Waals surface area contributed by atoms with Crippen LogP contribution in [0.25, 0.3) is 10.9 Å². The molecular formula is C14H18N4O2S. The van der Waals surface area contributed by atoms with E-state index in [9.17, 15) is 8.42 Å². The highest BCUT2D eigenvalue weighted by molar-refractivity contribution is 7.89. The third kappa shape index (κ3) is 3.03. The fraction of sp³-hybridized carbons (Fsp3) is 0.286. The molecule has 0 fully saturated rings. The molecule has 0 radical (unpaired) electrons. The zero-order valence-electron chi connectivity index (χ0n) is 11.9. The molecule has 0 atom stereocenters. The molecule has 0 unspecified atom stereocenters. The Morgan fingerprint density at radius 2 is 2.05 bits per heavy atom. The average Bonchev–Trinajstić information content (AvgIpc) is 2.43. The van der Waals surface area contributed by atoms with Gasteiger partial charge in [0.1, 0.15) is 5.84 Å². The van der Waals surface area contributed by atoms with Gasteiger partial charge in [0.15, 0.2) is 0 Å². The van der Waals surface area contributed by atoms with Gasteiger partial charge in [0.2, 0.25) is 10.0 Å². The molecule has 3 N–H and O–H groups in total. The SMILES string of the molecule is CC(C)N(CC(=N)N)S(=O)(=O)c1cccc2ncccc12. The number of pyridine rings is 1. The lowest BCUT2D eigenvalue weighted by molar-refractivity contribution is 0.389. The second kappa shape index (κ2) is 5.79. The van der Waals surface area contributed by atoms with Crippen molar-refractivity contribution in [1.29, 1.82) is 5.41 Å². The van der Waals surface area contributed by atoms with Crippen LogP contribution in [-0.2, 0) is 10.0 Å². The van der Waals surface area contributed by atoms with Crippen molar-refractivity contribution in [3.05, 3.63) is 36.5 Å². The van der Waals surface area contributed by atoms with Crippen molar-refractivity contribution in [2.45, 2.75) is 24.8 Å². The van der Waals surface area contributed by atoms with Crippen LogP contribution in [0.3, 0.4) is 0 Å². The molecule has 0 aliphatic heterocycles. The van der Waals surface area contributed by atoms with E-state index in [0.717, 1.165) is 0 Å². The van der Waals surface area contributed by atoms with Gasteiger partial charge in [-0.05, 0) is 38.1 Å². The van der Waals surface area contributed by atoms with Crippen LogP contribution < -0.4 is 5.73 Å². The topological polar surface area (TPSA) is 100 Å². The van der Waals surface area contributed by atoms with E-state index in [4.69, 9.17) is 11.1 Å². The summed E-state index contributed by atoms with van der Waals surface area (Å²) in [5.74, 6) is -0.189. The number of hydrogen-bond donors (Lipinski definition) is 2. The van der Waals surface area contributed by atoms with Gasteiger partial charge < -0.3 is 5.73 Å². The van der Waals surface area contributed by atoms with Gasteiger partial charge >= 0.3 is 0 Å². The first-order valence-corrected chi connectivity index (χ1v) is 7.96. The van der Waals surface area contributed by atoms with E-state index in [-0.39, 0.29) is 23.3 Å². The summed E-state index contributed by atoms with van der Waals surface area (Å²) >= 11 is 0. The second-order valence-corrected chi connectivity index (χ2v) is 6.85. The van der Waals surface area contributed by atoms with E-state index < -0.39 is 10.0 Å². The Bertz CT molecular complexity index is 766. The summed E-state index contributed by atoms with van der Waals surface area (Å²) in [4.78, 5) is 4.35. The Balaban J connectivity index is 2.62. The monoisotopic (exact) mass is 306 g/mol. The largest absolute Gasteiger partial charge is 0.387 e. The Hall–Kier alpha value is -1.99. The molecule has 1 aromatic heterocycles.